The van der Waals surface area contributed by atoms with E-state index in [0.29, 0.717) is 12.8 Å². The summed E-state index contributed by atoms with van der Waals surface area (Å²) in [6.07, 6.45) is 99.3. The fourth-order valence-corrected chi connectivity index (χ4v) is 9.58. The zero-order valence-corrected chi connectivity index (χ0v) is 54.2. The Labute approximate surface area is 513 Å². The molecule has 6 heteroatoms. The number of rotatable bonds is 62. The Morgan fingerprint density at radius 2 is 0.518 bits per heavy atom. The van der Waals surface area contributed by atoms with Crippen LogP contribution in [0.5, 0.6) is 0 Å². The number of ether oxygens (including phenoxy) is 3. The minimum absolute atomic E-state index is 0.114. The number of esters is 3. The largest absolute Gasteiger partial charge is 0.462 e. The molecule has 0 radical (unpaired) electrons. The molecule has 0 N–H and O–H groups in total. The standard InChI is InChI=1S/C77H128O6/c1-4-7-10-13-16-19-22-25-28-30-32-34-36-37-38-39-41-42-44-46-49-52-55-58-61-64-67-70-76(79)82-73-74(72-81-75(78)69-66-63-60-57-54-51-48-27-24-21-18-15-12-9-6-3)83-77(80)71-68-65-62-59-56-53-50-47-45-43-40-35-33-31-29-26-23-20-17-14-11-8-5-2/h7,9-10,12,16,18-19,21,25,27-28,32,34,37-38,41-42,48,54,57,63,66,74H,4-6,8,11,13-15,17,20,22-24,26,29-31,33,35-36,39-40,43-47,49-53,55-56,58-62,64-65,67-73H2,1-3H3/b10-7-,12-9-,19-16-,21-18-,28-25-,34-32-,38-37-,42-41-,48-27-,57-54-,66-63-. The molecule has 0 aromatic carbocycles. The lowest BCUT2D eigenvalue weighted by Crippen LogP contribution is -2.30. The van der Waals surface area contributed by atoms with Crippen molar-refractivity contribution in [3.8, 4) is 0 Å². The van der Waals surface area contributed by atoms with Crippen LogP contribution in [0.4, 0.5) is 0 Å². The van der Waals surface area contributed by atoms with E-state index in [1.54, 1.807) is 6.08 Å². The first-order valence-electron chi connectivity index (χ1n) is 34.7. The fourth-order valence-electron chi connectivity index (χ4n) is 9.58. The molecular weight excluding hydrogens is 1020 g/mol. The second kappa shape index (κ2) is 70.0. The fraction of sp³-hybridized carbons (Fsp3) is 0.675. The van der Waals surface area contributed by atoms with Gasteiger partial charge in [-0.3, -0.25) is 14.4 Å². The molecule has 472 valence electrons. The number of unbranched alkanes of at least 4 members (excludes halogenated alkanes) is 30. The summed E-state index contributed by atoms with van der Waals surface area (Å²) in [4.78, 5) is 38.4. The maximum atomic E-state index is 13.0. The molecule has 0 amide bonds. The Morgan fingerprint density at radius 1 is 0.265 bits per heavy atom. The van der Waals surface area contributed by atoms with Crippen LogP contribution in [0.3, 0.4) is 0 Å². The third-order valence-electron chi connectivity index (χ3n) is 14.7. The van der Waals surface area contributed by atoms with Gasteiger partial charge in [0, 0.05) is 12.8 Å². The van der Waals surface area contributed by atoms with E-state index >= 15 is 0 Å². The van der Waals surface area contributed by atoms with Crippen molar-refractivity contribution in [2.75, 3.05) is 13.2 Å². The molecule has 0 saturated heterocycles. The topological polar surface area (TPSA) is 78.9 Å². The highest BCUT2D eigenvalue weighted by Gasteiger charge is 2.19. The van der Waals surface area contributed by atoms with Crippen molar-refractivity contribution >= 4 is 17.9 Å². The van der Waals surface area contributed by atoms with Crippen molar-refractivity contribution in [2.45, 2.75) is 322 Å². The van der Waals surface area contributed by atoms with Gasteiger partial charge >= 0.3 is 17.9 Å². The van der Waals surface area contributed by atoms with Crippen LogP contribution in [0, 0.1) is 0 Å². The van der Waals surface area contributed by atoms with Crippen LogP contribution in [0.2, 0.25) is 0 Å². The maximum absolute atomic E-state index is 13.0. The first kappa shape index (κ1) is 78.5. The lowest BCUT2D eigenvalue weighted by Gasteiger charge is -2.18. The number of hydrogen-bond donors (Lipinski definition) is 0. The maximum Gasteiger partial charge on any atom is 0.309 e. The molecule has 1 atom stereocenters. The van der Waals surface area contributed by atoms with E-state index in [1.165, 1.54) is 161 Å². The van der Waals surface area contributed by atoms with Gasteiger partial charge in [0.1, 0.15) is 13.2 Å². The van der Waals surface area contributed by atoms with Crippen LogP contribution in [-0.4, -0.2) is 37.2 Å². The van der Waals surface area contributed by atoms with E-state index in [0.717, 1.165) is 116 Å². The van der Waals surface area contributed by atoms with Crippen LogP contribution in [0.1, 0.15) is 316 Å². The van der Waals surface area contributed by atoms with Crippen molar-refractivity contribution in [1.82, 2.24) is 0 Å². The van der Waals surface area contributed by atoms with Gasteiger partial charge in [-0.15, -0.1) is 0 Å². The van der Waals surface area contributed by atoms with Crippen LogP contribution >= 0.6 is 0 Å². The SMILES string of the molecule is CC/C=C\C/C=C\C/C=C\C/C=C\C/C=C\C/C=C\CCCCCCCCCCC(=O)OCC(COC(=O)C/C=C\C/C=C\C/C=C\C/C=C\C/C=C\CC)OC(=O)CCCCCCCCCCCCCCCCCCCCCCCCC. The molecular formula is C77H128O6. The van der Waals surface area contributed by atoms with E-state index in [1.807, 2.05) is 6.08 Å². The molecule has 0 aromatic rings. The molecule has 0 heterocycles. The first-order valence-corrected chi connectivity index (χ1v) is 34.7. The molecule has 6 nitrogen and oxygen atoms in total. The highest BCUT2D eigenvalue weighted by atomic mass is 16.6. The normalized spacial score (nSPS) is 13.0. The Morgan fingerprint density at radius 3 is 0.843 bits per heavy atom. The van der Waals surface area contributed by atoms with Gasteiger partial charge in [-0.2, -0.15) is 0 Å². The monoisotopic (exact) mass is 1150 g/mol. The molecule has 0 spiro atoms. The Kier molecular flexibility index (Phi) is 66.3. The van der Waals surface area contributed by atoms with Gasteiger partial charge in [-0.1, -0.05) is 334 Å². The molecule has 0 aliphatic rings. The summed E-state index contributed by atoms with van der Waals surface area (Å²) in [5, 5.41) is 0. The molecule has 0 saturated carbocycles. The van der Waals surface area contributed by atoms with Crippen LogP contribution in [0.25, 0.3) is 0 Å². The van der Waals surface area contributed by atoms with Crippen molar-refractivity contribution in [3.05, 3.63) is 134 Å². The van der Waals surface area contributed by atoms with E-state index < -0.39 is 12.1 Å². The Bertz CT molecular complexity index is 1750. The molecule has 0 aromatic heterocycles. The Hall–Kier alpha value is -4.45. The third kappa shape index (κ3) is 68.2. The van der Waals surface area contributed by atoms with Crippen molar-refractivity contribution < 1.29 is 28.6 Å². The lowest BCUT2D eigenvalue weighted by atomic mass is 10.0. The highest BCUT2D eigenvalue weighted by Crippen LogP contribution is 2.17. The van der Waals surface area contributed by atoms with Crippen molar-refractivity contribution in [1.29, 1.82) is 0 Å². The summed E-state index contributed by atoms with van der Waals surface area (Å²) >= 11 is 0. The summed E-state index contributed by atoms with van der Waals surface area (Å²) in [7, 11) is 0. The quantitative estimate of drug-likeness (QED) is 0.0261. The lowest BCUT2D eigenvalue weighted by molar-refractivity contribution is -0.166. The first-order chi connectivity index (χ1) is 41.0. The predicted molar refractivity (Wildman–Crippen MR) is 362 cm³/mol. The van der Waals surface area contributed by atoms with Gasteiger partial charge in [0.05, 0.1) is 6.42 Å². The molecule has 0 aliphatic carbocycles. The average molecular weight is 1150 g/mol. The van der Waals surface area contributed by atoms with Crippen LogP contribution in [0.15, 0.2) is 134 Å². The van der Waals surface area contributed by atoms with E-state index in [4.69, 9.17) is 14.2 Å². The van der Waals surface area contributed by atoms with E-state index in [9.17, 15) is 14.4 Å². The predicted octanol–water partition coefficient (Wildman–Crippen LogP) is 24.1. The summed E-state index contributed by atoms with van der Waals surface area (Å²) in [5.41, 5.74) is 0. The summed E-state index contributed by atoms with van der Waals surface area (Å²) in [6, 6.07) is 0. The molecule has 0 rings (SSSR count). The molecule has 83 heavy (non-hydrogen) atoms. The highest BCUT2D eigenvalue weighted by molar-refractivity contribution is 5.72. The average Bonchev–Trinajstić information content (AvgIpc) is 3.49. The van der Waals surface area contributed by atoms with Crippen LogP contribution in [-0.2, 0) is 28.6 Å². The van der Waals surface area contributed by atoms with Gasteiger partial charge in [0.25, 0.3) is 0 Å². The number of allylic oxidation sites excluding steroid dienone is 21. The number of carbonyl (C=O) groups excluding carboxylic acids is 3. The second-order valence-electron chi connectivity index (χ2n) is 22.7. The van der Waals surface area contributed by atoms with Crippen molar-refractivity contribution in [3.63, 3.8) is 0 Å². The molecule has 0 aliphatic heterocycles. The smallest absolute Gasteiger partial charge is 0.309 e. The third-order valence-corrected chi connectivity index (χ3v) is 14.7. The van der Waals surface area contributed by atoms with E-state index in [2.05, 4.69) is 142 Å². The molecule has 0 bridgehead atoms. The van der Waals surface area contributed by atoms with E-state index in [-0.39, 0.29) is 31.6 Å². The zero-order valence-electron chi connectivity index (χ0n) is 54.2. The summed E-state index contributed by atoms with van der Waals surface area (Å²) < 4.78 is 16.9. The minimum Gasteiger partial charge on any atom is -0.462 e. The zero-order chi connectivity index (χ0) is 59.9. The Balaban J connectivity index is 4.40. The van der Waals surface area contributed by atoms with Gasteiger partial charge in [-0.05, 0) is 96.3 Å². The summed E-state index contributed by atoms with van der Waals surface area (Å²) in [5.74, 6) is -1.05. The van der Waals surface area contributed by atoms with Gasteiger partial charge < -0.3 is 14.2 Å². The molecule has 1 unspecified atom stereocenters. The number of carbonyl (C=O) groups is 3. The van der Waals surface area contributed by atoms with Crippen molar-refractivity contribution in [2.24, 2.45) is 0 Å². The summed E-state index contributed by atoms with van der Waals surface area (Å²) in [6.45, 7) is 6.35. The van der Waals surface area contributed by atoms with Crippen LogP contribution < -0.4 is 0 Å². The van der Waals surface area contributed by atoms with Gasteiger partial charge in [0.15, 0.2) is 6.10 Å². The number of hydrogen-bond acceptors (Lipinski definition) is 6. The second-order valence-corrected chi connectivity index (χ2v) is 22.7. The van der Waals surface area contributed by atoms with Gasteiger partial charge in [0.2, 0.25) is 0 Å². The van der Waals surface area contributed by atoms with Gasteiger partial charge in [-0.25, -0.2) is 0 Å². The molecule has 0 fully saturated rings. The minimum atomic E-state index is -0.826.